The molecule has 0 saturated carbocycles. The molecule has 1 aromatic carbocycles. The second-order valence-corrected chi connectivity index (χ2v) is 5.00. The SMILES string of the molecule is COC[C@@](C)(NCc1ccc(C)o1)c1ccccc1. The van der Waals surface area contributed by atoms with E-state index in [0.717, 1.165) is 11.5 Å². The molecule has 0 bridgehead atoms. The summed E-state index contributed by atoms with van der Waals surface area (Å²) in [5.41, 5.74) is 0.983. The average Bonchev–Trinajstić information content (AvgIpc) is 2.84. The molecule has 0 unspecified atom stereocenters. The van der Waals surface area contributed by atoms with Gasteiger partial charge in [0.2, 0.25) is 0 Å². The van der Waals surface area contributed by atoms with Crippen molar-refractivity contribution in [1.29, 1.82) is 0 Å². The van der Waals surface area contributed by atoms with E-state index in [9.17, 15) is 0 Å². The number of rotatable bonds is 6. The van der Waals surface area contributed by atoms with Gasteiger partial charge in [-0.1, -0.05) is 30.3 Å². The van der Waals surface area contributed by atoms with Gasteiger partial charge >= 0.3 is 0 Å². The third-order valence-electron chi connectivity index (χ3n) is 3.29. The van der Waals surface area contributed by atoms with Gasteiger partial charge in [-0.3, -0.25) is 5.32 Å². The van der Waals surface area contributed by atoms with Gasteiger partial charge < -0.3 is 9.15 Å². The van der Waals surface area contributed by atoms with Crippen LogP contribution < -0.4 is 5.32 Å². The van der Waals surface area contributed by atoms with Gasteiger partial charge in [-0.05, 0) is 31.5 Å². The molecule has 1 aromatic heterocycles. The van der Waals surface area contributed by atoms with Crippen LogP contribution in [0.5, 0.6) is 0 Å². The molecular weight excluding hydrogens is 238 g/mol. The lowest BCUT2D eigenvalue weighted by molar-refractivity contribution is 0.115. The normalized spacial score (nSPS) is 14.3. The zero-order valence-corrected chi connectivity index (χ0v) is 11.8. The third-order valence-corrected chi connectivity index (χ3v) is 3.29. The predicted molar refractivity (Wildman–Crippen MR) is 76.0 cm³/mol. The monoisotopic (exact) mass is 259 g/mol. The molecule has 0 fully saturated rings. The van der Waals surface area contributed by atoms with Crippen LogP contribution in [0.15, 0.2) is 46.9 Å². The number of ether oxygens (including phenoxy) is 1. The van der Waals surface area contributed by atoms with Crippen LogP contribution >= 0.6 is 0 Å². The molecule has 2 rings (SSSR count). The molecule has 1 N–H and O–H groups in total. The van der Waals surface area contributed by atoms with Crippen LogP contribution in [0.4, 0.5) is 0 Å². The van der Waals surface area contributed by atoms with Crippen molar-refractivity contribution in [3.05, 3.63) is 59.5 Å². The molecular formula is C16H21NO2. The van der Waals surface area contributed by atoms with Gasteiger partial charge in [0.25, 0.3) is 0 Å². The summed E-state index contributed by atoms with van der Waals surface area (Å²) in [7, 11) is 1.72. The highest BCUT2D eigenvalue weighted by atomic mass is 16.5. The molecule has 0 amide bonds. The Bertz CT molecular complexity index is 506. The number of benzene rings is 1. The van der Waals surface area contributed by atoms with Crippen LogP contribution in [0.25, 0.3) is 0 Å². The molecule has 1 atom stereocenters. The van der Waals surface area contributed by atoms with E-state index in [1.807, 2.05) is 37.3 Å². The molecule has 0 aliphatic heterocycles. The zero-order valence-electron chi connectivity index (χ0n) is 11.8. The summed E-state index contributed by atoms with van der Waals surface area (Å²) in [6.07, 6.45) is 0. The van der Waals surface area contributed by atoms with E-state index in [0.29, 0.717) is 13.2 Å². The fraction of sp³-hybridized carbons (Fsp3) is 0.375. The van der Waals surface area contributed by atoms with E-state index in [2.05, 4.69) is 24.4 Å². The second-order valence-electron chi connectivity index (χ2n) is 5.00. The van der Waals surface area contributed by atoms with Crippen molar-refractivity contribution < 1.29 is 9.15 Å². The standard InChI is InChI=1S/C16H21NO2/c1-13-9-10-15(19-13)11-17-16(2,12-18-3)14-7-5-4-6-8-14/h4-10,17H,11-12H2,1-3H3/t16-/m1/s1. The van der Waals surface area contributed by atoms with Crippen molar-refractivity contribution in [1.82, 2.24) is 5.32 Å². The van der Waals surface area contributed by atoms with Crippen LogP contribution in [0, 0.1) is 6.92 Å². The first kappa shape index (κ1) is 13.8. The van der Waals surface area contributed by atoms with Gasteiger partial charge in [-0.25, -0.2) is 0 Å². The molecule has 3 nitrogen and oxygen atoms in total. The fourth-order valence-electron chi connectivity index (χ4n) is 2.19. The summed E-state index contributed by atoms with van der Waals surface area (Å²) in [6.45, 7) is 5.38. The Morgan fingerprint density at radius 2 is 1.89 bits per heavy atom. The Labute approximate surface area is 114 Å². The van der Waals surface area contributed by atoms with E-state index in [4.69, 9.17) is 9.15 Å². The van der Waals surface area contributed by atoms with Crippen molar-refractivity contribution in [3.63, 3.8) is 0 Å². The van der Waals surface area contributed by atoms with Crippen molar-refractivity contribution >= 4 is 0 Å². The van der Waals surface area contributed by atoms with E-state index >= 15 is 0 Å². The molecule has 0 aliphatic rings. The maximum Gasteiger partial charge on any atom is 0.117 e. The van der Waals surface area contributed by atoms with E-state index in [1.165, 1.54) is 5.56 Å². The van der Waals surface area contributed by atoms with E-state index < -0.39 is 0 Å². The van der Waals surface area contributed by atoms with E-state index in [1.54, 1.807) is 7.11 Å². The Morgan fingerprint density at radius 3 is 2.47 bits per heavy atom. The minimum atomic E-state index is -0.225. The molecule has 1 heterocycles. The largest absolute Gasteiger partial charge is 0.465 e. The maximum atomic E-state index is 5.59. The lowest BCUT2D eigenvalue weighted by Gasteiger charge is -2.30. The molecule has 0 aliphatic carbocycles. The highest BCUT2D eigenvalue weighted by Gasteiger charge is 2.26. The van der Waals surface area contributed by atoms with Crippen molar-refractivity contribution in [2.75, 3.05) is 13.7 Å². The van der Waals surface area contributed by atoms with Gasteiger partial charge in [0.05, 0.1) is 18.7 Å². The van der Waals surface area contributed by atoms with Crippen LogP contribution in [0.2, 0.25) is 0 Å². The number of furan rings is 1. The van der Waals surface area contributed by atoms with Crippen molar-refractivity contribution in [3.8, 4) is 0 Å². The summed E-state index contributed by atoms with van der Waals surface area (Å²) in [5, 5.41) is 3.52. The highest BCUT2D eigenvalue weighted by Crippen LogP contribution is 2.21. The van der Waals surface area contributed by atoms with Crippen LogP contribution in [-0.4, -0.2) is 13.7 Å². The summed E-state index contributed by atoms with van der Waals surface area (Å²) < 4.78 is 11.0. The zero-order chi connectivity index (χ0) is 13.7. The summed E-state index contributed by atoms with van der Waals surface area (Å²) in [6, 6.07) is 14.3. The average molecular weight is 259 g/mol. The molecule has 0 radical (unpaired) electrons. The Hall–Kier alpha value is -1.58. The maximum absolute atomic E-state index is 5.59. The Morgan fingerprint density at radius 1 is 1.16 bits per heavy atom. The topological polar surface area (TPSA) is 34.4 Å². The van der Waals surface area contributed by atoms with Gasteiger partial charge in [0, 0.05) is 7.11 Å². The molecule has 0 saturated heterocycles. The number of hydrogen-bond donors (Lipinski definition) is 1. The van der Waals surface area contributed by atoms with Crippen LogP contribution in [-0.2, 0) is 16.8 Å². The quantitative estimate of drug-likeness (QED) is 0.864. The van der Waals surface area contributed by atoms with Crippen LogP contribution in [0.1, 0.15) is 24.0 Å². The number of aryl methyl sites for hydroxylation is 1. The van der Waals surface area contributed by atoms with Crippen molar-refractivity contribution in [2.24, 2.45) is 0 Å². The fourth-order valence-corrected chi connectivity index (χ4v) is 2.19. The highest BCUT2D eigenvalue weighted by molar-refractivity contribution is 5.24. The smallest absolute Gasteiger partial charge is 0.117 e. The Kier molecular flexibility index (Phi) is 4.40. The molecule has 0 spiro atoms. The first-order chi connectivity index (χ1) is 9.14. The third kappa shape index (κ3) is 3.46. The number of methoxy groups -OCH3 is 1. The predicted octanol–water partition coefficient (Wildman–Crippen LogP) is 3.24. The first-order valence-electron chi connectivity index (χ1n) is 6.49. The molecule has 19 heavy (non-hydrogen) atoms. The number of hydrogen-bond acceptors (Lipinski definition) is 3. The minimum absolute atomic E-state index is 0.225. The van der Waals surface area contributed by atoms with E-state index in [-0.39, 0.29) is 5.54 Å². The van der Waals surface area contributed by atoms with Gasteiger partial charge in [-0.2, -0.15) is 0 Å². The molecule has 102 valence electrons. The summed E-state index contributed by atoms with van der Waals surface area (Å²) >= 11 is 0. The molecule has 3 heteroatoms. The summed E-state index contributed by atoms with van der Waals surface area (Å²) in [5.74, 6) is 1.88. The Balaban J connectivity index is 2.11. The van der Waals surface area contributed by atoms with Gasteiger partial charge in [0.1, 0.15) is 11.5 Å². The van der Waals surface area contributed by atoms with Crippen LogP contribution in [0.3, 0.4) is 0 Å². The van der Waals surface area contributed by atoms with Gasteiger partial charge in [0.15, 0.2) is 0 Å². The van der Waals surface area contributed by atoms with Gasteiger partial charge in [-0.15, -0.1) is 0 Å². The lowest BCUT2D eigenvalue weighted by atomic mass is 9.93. The lowest BCUT2D eigenvalue weighted by Crippen LogP contribution is -2.42. The van der Waals surface area contributed by atoms with Crippen molar-refractivity contribution in [2.45, 2.75) is 25.9 Å². The first-order valence-corrected chi connectivity index (χ1v) is 6.49. The minimum Gasteiger partial charge on any atom is -0.465 e. The number of nitrogens with one attached hydrogen (secondary N) is 1. The molecule has 2 aromatic rings. The second kappa shape index (κ2) is 6.04. The summed E-state index contributed by atoms with van der Waals surface area (Å²) in [4.78, 5) is 0.